The van der Waals surface area contributed by atoms with Gasteiger partial charge in [0.1, 0.15) is 7.85 Å². The highest BCUT2D eigenvalue weighted by atomic mass is 33.1. The predicted octanol–water partition coefficient (Wildman–Crippen LogP) is 2.93. The van der Waals surface area contributed by atoms with Crippen molar-refractivity contribution < 1.29 is 0 Å². The fourth-order valence-electron chi connectivity index (χ4n) is 1.53. The Morgan fingerprint density at radius 3 is 2.75 bits per heavy atom. The Balaban J connectivity index is 2.13. The maximum atomic E-state index is 2.43. The van der Waals surface area contributed by atoms with Crippen molar-refractivity contribution in [3.8, 4) is 0 Å². The molecule has 0 radical (unpaired) electrons. The normalized spacial score (nSPS) is 29.9. The monoisotopic (exact) mass is 202 g/mol. The van der Waals surface area contributed by atoms with Crippen LogP contribution < -0.4 is 0 Å². The topological polar surface area (TPSA) is 0 Å². The smallest absolute Gasteiger partial charge is 0.0964 e. The van der Waals surface area contributed by atoms with E-state index in [0.717, 1.165) is 5.92 Å². The van der Waals surface area contributed by atoms with Crippen LogP contribution in [0.3, 0.4) is 0 Å². The molecular weight excluding hydrogens is 183 g/mol. The zero-order valence-corrected chi connectivity index (χ0v) is 10.1. The fourth-order valence-corrected chi connectivity index (χ4v) is 4.83. The third kappa shape index (κ3) is 3.65. The Labute approximate surface area is 85.5 Å². The van der Waals surface area contributed by atoms with Crippen molar-refractivity contribution in [1.82, 2.24) is 0 Å². The van der Waals surface area contributed by atoms with E-state index in [1.165, 1.54) is 31.4 Å². The van der Waals surface area contributed by atoms with Crippen LogP contribution in [0.1, 0.15) is 39.5 Å². The molecular formula is C9H19BS2. The first-order valence-corrected chi connectivity index (χ1v) is 7.25. The lowest BCUT2D eigenvalue weighted by Gasteiger charge is -2.21. The van der Waals surface area contributed by atoms with E-state index in [9.17, 15) is 0 Å². The standard InChI is InChI=1S/C9H19BS2/c1-8(2)4-3-5-9(10)6-7-11-12-9/h8H,3-7,10H2,1-2H3/t9-/m1/s1. The molecule has 0 unspecified atom stereocenters. The summed E-state index contributed by atoms with van der Waals surface area (Å²) in [5.41, 5.74) is 0. The van der Waals surface area contributed by atoms with E-state index < -0.39 is 0 Å². The van der Waals surface area contributed by atoms with Gasteiger partial charge in [-0.1, -0.05) is 48.3 Å². The highest BCUT2D eigenvalue weighted by Gasteiger charge is 2.29. The van der Waals surface area contributed by atoms with E-state index in [-0.39, 0.29) is 0 Å². The maximum Gasteiger partial charge on any atom is 0.123 e. The summed E-state index contributed by atoms with van der Waals surface area (Å²) in [6.45, 7) is 4.64. The van der Waals surface area contributed by atoms with Crippen LogP contribution in [-0.4, -0.2) is 18.2 Å². The van der Waals surface area contributed by atoms with Gasteiger partial charge in [0.2, 0.25) is 0 Å². The molecule has 1 atom stereocenters. The van der Waals surface area contributed by atoms with Crippen molar-refractivity contribution in [2.75, 3.05) is 5.75 Å². The number of hydrogen-bond donors (Lipinski definition) is 0. The van der Waals surface area contributed by atoms with E-state index in [2.05, 4.69) is 43.3 Å². The Morgan fingerprint density at radius 2 is 2.25 bits per heavy atom. The average Bonchev–Trinajstić information content (AvgIpc) is 2.35. The van der Waals surface area contributed by atoms with Crippen LogP contribution in [0.2, 0.25) is 0 Å². The van der Waals surface area contributed by atoms with Crippen molar-refractivity contribution in [2.45, 2.75) is 44.2 Å². The molecule has 1 heterocycles. The third-order valence-electron chi connectivity index (χ3n) is 2.46. The molecule has 12 heavy (non-hydrogen) atoms. The highest BCUT2D eigenvalue weighted by Crippen LogP contribution is 2.47. The van der Waals surface area contributed by atoms with Gasteiger partial charge in [-0.05, 0) is 23.4 Å². The van der Waals surface area contributed by atoms with Crippen molar-refractivity contribution in [1.29, 1.82) is 0 Å². The maximum absolute atomic E-state index is 2.43. The van der Waals surface area contributed by atoms with Gasteiger partial charge in [0.25, 0.3) is 0 Å². The molecule has 1 rings (SSSR count). The summed E-state index contributed by atoms with van der Waals surface area (Å²) < 4.78 is 0.611. The molecule has 0 saturated carbocycles. The molecule has 3 heteroatoms. The third-order valence-corrected chi connectivity index (χ3v) is 5.82. The molecule has 0 bridgehead atoms. The van der Waals surface area contributed by atoms with E-state index in [0.29, 0.717) is 4.65 Å². The molecule has 1 aliphatic rings. The van der Waals surface area contributed by atoms with Gasteiger partial charge in [-0.3, -0.25) is 0 Å². The lowest BCUT2D eigenvalue weighted by molar-refractivity contribution is 0.519. The Hall–Kier alpha value is 0.765. The molecule has 0 aromatic heterocycles. The fraction of sp³-hybridized carbons (Fsp3) is 1.00. The van der Waals surface area contributed by atoms with Crippen LogP contribution in [0.15, 0.2) is 0 Å². The minimum atomic E-state index is 0.611. The zero-order valence-electron chi connectivity index (χ0n) is 8.43. The van der Waals surface area contributed by atoms with Crippen molar-refractivity contribution in [3.05, 3.63) is 0 Å². The van der Waals surface area contributed by atoms with Crippen molar-refractivity contribution in [2.24, 2.45) is 5.92 Å². The summed E-state index contributed by atoms with van der Waals surface area (Å²) in [4.78, 5) is 0. The van der Waals surface area contributed by atoms with Crippen molar-refractivity contribution >= 4 is 29.4 Å². The van der Waals surface area contributed by atoms with Crippen LogP contribution in [0.25, 0.3) is 0 Å². The molecule has 0 aromatic carbocycles. The van der Waals surface area contributed by atoms with Gasteiger partial charge < -0.3 is 0 Å². The minimum Gasteiger partial charge on any atom is -0.0964 e. The highest BCUT2D eigenvalue weighted by molar-refractivity contribution is 8.78. The predicted molar refractivity (Wildman–Crippen MR) is 64.6 cm³/mol. The molecule has 0 aromatic rings. The molecule has 1 aliphatic heterocycles. The molecule has 0 aliphatic carbocycles. The summed E-state index contributed by atoms with van der Waals surface area (Å²) in [7, 11) is 6.60. The first-order chi connectivity index (χ1) is 5.62. The van der Waals surface area contributed by atoms with Crippen LogP contribution >= 0.6 is 21.6 Å². The Bertz CT molecular complexity index is 130. The molecule has 1 saturated heterocycles. The molecule has 1 fully saturated rings. The Kier molecular flexibility index (Phi) is 4.38. The van der Waals surface area contributed by atoms with Gasteiger partial charge in [-0.15, -0.1) is 0 Å². The van der Waals surface area contributed by atoms with E-state index in [4.69, 9.17) is 0 Å². The Morgan fingerprint density at radius 1 is 1.50 bits per heavy atom. The zero-order chi connectivity index (χ0) is 9.03. The SMILES string of the molecule is B[C@@]1(CCCC(C)C)CCSS1. The van der Waals surface area contributed by atoms with Crippen LogP contribution in [-0.2, 0) is 0 Å². The first-order valence-electron chi connectivity index (χ1n) is 4.93. The summed E-state index contributed by atoms with van der Waals surface area (Å²) in [6, 6.07) is 0. The molecule has 70 valence electrons. The second-order valence-electron chi connectivity index (χ2n) is 4.39. The van der Waals surface area contributed by atoms with Crippen LogP contribution in [0.4, 0.5) is 0 Å². The molecule has 0 amide bonds. The van der Waals surface area contributed by atoms with Gasteiger partial charge in [0, 0.05) is 5.75 Å². The summed E-state index contributed by atoms with van der Waals surface area (Å²) >= 11 is 0. The summed E-state index contributed by atoms with van der Waals surface area (Å²) in [5, 5.41) is 0. The molecule has 0 nitrogen and oxygen atoms in total. The quantitative estimate of drug-likeness (QED) is 0.507. The van der Waals surface area contributed by atoms with Gasteiger partial charge >= 0.3 is 0 Å². The van der Waals surface area contributed by atoms with Crippen LogP contribution in [0.5, 0.6) is 0 Å². The van der Waals surface area contributed by atoms with Gasteiger partial charge in [-0.25, -0.2) is 0 Å². The molecule has 0 N–H and O–H groups in total. The first kappa shape index (κ1) is 10.8. The van der Waals surface area contributed by atoms with E-state index >= 15 is 0 Å². The number of hydrogen-bond acceptors (Lipinski definition) is 2. The number of rotatable bonds is 4. The van der Waals surface area contributed by atoms with E-state index in [1.807, 2.05) is 0 Å². The van der Waals surface area contributed by atoms with E-state index in [1.54, 1.807) is 0 Å². The van der Waals surface area contributed by atoms with Crippen LogP contribution in [0, 0.1) is 5.92 Å². The summed E-state index contributed by atoms with van der Waals surface area (Å²) in [5.74, 6) is 2.25. The second-order valence-corrected chi connectivity index (χ2v) is 7.39. The summed E-state index contributed by atoms with van der Waals surface area (Å²) in [6.07, 6.45) is 5.66. The van der Waals surface area contributed by atoms with Gasteiger partial charge in [-0.2, -0.15) is 0 Å². The second kappa shape index (κ2) is 4.85. The average molecular weight is 202 g/mol. The largest absolute Gasteiger partial charge is 0.123 e. The van der Waals surface area contributed by atoms with Crippen molar-refractivity contribution in [3.63, 3.8) is 0 Å². The lowest BCUT2D eigenvalue weighted by Crippen LogP contribution is -2.21. The lowest BCUT2D eigenvalue weighted by atomic mass is 9.79. The van der Waals surface area contributed by atoms with Gasteiger partial charge in [0.15, 0.2) is 0 Å². The minimum absolute atomic E-state index is 0.611. The molecule has 0 spiro atoms. The van der Waals surface area contributed by atoms with Gasteiger partial charge in [0.05, 0.1) is 0 Å².